The smallest absolute Gasteiger partial charge is 0.163 e. The van der Waals surface area contributed by atoms with Gasteiger partial charge in [-0.3, -0.25) is 4.79 Å². The van der Waals surface area contributed by atoms with E-state index in [0.717, 1.165) is 12.0 Å². The highest BCUT2D eigenvalue weighted by Crippen LogP contribution is 2.12. The summed E-state index contributed by atoms with van der Waals surface area (Å²) in [6, 6.07) is 4.52. The summed E-state index contributed by atoms with van der Waals surface area (Å²) in [5.41, 5.74) is 1.34. The highest BCUT2D eigenvalue weighted by atomic mass is 79.9. The zero-order valence-electron chi connectivity index (χ0n) is 8.02. The maximum absolute atomic E-state index is 13.1. The van der Waals surface area contributed by atoms with E-state index in [4.69, 9.17) is 0 Å². The third-order valence-corrected chi connectivity index (χ3v) is 2.41. The first kappa shape index (κ1) is 11.4. The zero-order valence-corrected chi connectivity index (χ0v) is 9.60. The van der Waals surface area contributed by atoms with Crippen LogP contribution in [0.5, 0.6) is 0 Å². The Hall–Kier alpha value is -0.700. The van der Waals surface area contributed by atoms with Crippen LogP contribution in [-0.2, 0) is 6.42 Å². The number of carbonyl (C=O) groups is 1. The van der Waals surface area contributed by atoms with E-state index in [1.165, 1.54) is 12.1 Å². The number of hydrogen-bond acceptors (Lipinski definition) is 1. The molecule has 14 heavy (non-hydrogen) atoms. The molecule has 0 aliphatic rings. The Morgan fingerprint density at radius 1 is 1.43 bits per heavy atom. The molecule has 3 heteroatoms. The third kappa shape index (κ3) is 2.91. The van der Waals surface area contributed by atoms with Crippen molar-refractivity contribution in [1.29, 1.82) is 0 Å². The largest absolute Gasteiger partial charge is 0.294 e. The number of alkyl halides is 1. The highest BCUT2D eigenvalue weighted by Gasteiger charge is 2.07. The summed E-state index contributed by atoms with van der Waals surface area (Å²) in [6.07, 6.45) is 1.15. The van der Waals surface area contributed by atoms with Crippen molar-refractivity contribution >= 4 is 21.7 Å². The van der Waals surface area contributed by atoms with E-state index in [1.807, 2.05) is 6.92 Å². The van der Waals surface area contributed by atoms with Crippen LogP contribution in [0.15, 0.2) is 18.2 Å². The molecule has 0 radical (unpaired) electrons. The summed E-state index contributed by atoms with van der Waals surface area (Å²) < 4.78 is 13.1. The first-order valence-corrected chi connectivity index (χ1v) is 5.68. The molecule has 0 bridgehead atoms. The number of hydrogen-bond donors (Lipinski definition) is 0. The minimum atomic E-state index is -0.331. The van der Waals surface area contributed by atoms with E-state index in [-0.39, 0.29) is 11.6 Å². The van der Waals surface area contributed by atoms with Crippen LogP contribution in [0, 0.1) is 5.82 Å². The van der Waals surface area contributed by atoms with E-state index >= 15 is 0 Å². The Balaban J connectivity index is 2.96. The minimum Gasteiger partial charge on any atom is -0.294 e. The van der Waals surface area contributed by atoms with Crippen molar-refractivity contribution in [2.75, 3.05) is 5.33 Å². The molecule has 76 valence electrons. The first-order valence-electron chi connectivity index (χ1n) is 4.56. The monoisotopic (exact) mass is 258 g/mol. The molecular weight excluding hydrogens is 247 g/mol. The van der Waals surface area contributed by atoms with Gasteiger partial charge >= 0.3 is 0 Å². The molecule has 0 spiro atoms. The second kappa shape index (κ2) is 5.25. The molecule has 0 aliphatic carbocycles. The van der Waals surface area contributed by atoms with Crippen LogP contribution < -0.4 is 0 Å². The SMILES string of the molecule is CCc1cc(F)cc(C(=O)CCBr)c1. The van der Waals surface area contributed by atoms with Crippen molar-refractivity contribution in [2.24, 2.45) is 0 Å². The van der Waals surface area contributed by atoms with Crippen LogP contribution in [-0.4, -0.2) is 11.1 Å². The van der Waals surface area contributed by atoms with Crippen molar-refractivity contribution in [1.82, 2.24) is 0 Å². The Kier molecular flexibility index (Phi) is 4.26. The van der Waals surface area contributed by atoms with E-state index < -0.39 is 0 Å². The quantitative estimate of drug-likeness (QED) is 0.598. The zero-order chi connectivity index (χ0) is 10.6. The molecule has 0 atom stereocenters. The molecule has 0 amide bonds. The maximum Gasteiger partial charge on any atom is 0.163 e. The predicted octanol–water partition coefficient (Wildman–Crippen LogP) is 3.36. The van der Waals surface area contributed by atoms with Gasteiger partial charge in [0.1, 0.15) is 5.82 Å². The molecule has 1 rings (SSSR count). The second-order valence-corrected chi connectivity index (χ2v) is 3.86. The van der Waals surface area contributed by atoms with Crippen LogP contribution >= 0.6 is 15.9 Å². The van der Waals surface area contributed by atoms with Gasteiger partial charge in [-0.15, -0.1) is 0 Å². The predicted molar refractivity (Wildman–Crippen MR) is 58.5 cm³/mol. The van der Waals surface area contributed by atoms with Gasteiger partial charge in [0, 0.05) is 17.3 Å². The molecule has 0 aliphatic heterocycles. The number of carbonyl (C=O) groups excluding carboxylic acids is 1. The van der Waals surface area contributed by atoms with E-state index in [1.54, 1.807) is 6.07 Å². The topological polar surface area (TPSA) is 17.1 Å². The Labute approximate surface area is 91.5 Å². The van der Waals surface area contributed by atoms with Crippen molar-refractivity contribution in [2.45, 2.75) is 19.8 Å². The van der Waals surface area contributed by atoms with Crippen molar-refractivity contribution in [3.05, 3.63) is 35.1 Å². The van der Waals surface area contributed by atoms with Gasteiger partial charge < -0.3 is 0 Å². The van der Waals surface area contributed by atoms with Crippen LogP contribution in [0.4, 0.5) is 4.39 Å². The molecule has 0 heterocycles. The standard InChI is InChI=1S/C11H12BrFO/c1-2-8-5-9(7-10(13)6-8)11(14)3-4-12/h5-7H,2-4H2,1H3. The van der Waals surface area contributed by atoms with Gasteiger partial charge in [0.15, 0.2) is 5.78 Å². The van der Waals surface area contributed by atoms with Gasteiger partial charge in [0.05, 0.1) is 0 Å². The Bertz CT molecular complexity index is 336. The first-order chi connectivity index (χ1) is 6.67. The normalized spacial score (nSPS) is 10.2. The average molecular weight is 259 g/mol. The van der Waals surface area contributed by atoms with Crippen LogP contribution in [0.1, 0.15) is 29.3 Å². The molecule has 0 unspecified atom stereocenters. The van der Waals surface area contributed by atoms with Crippen LogP contribution in [0.25, 0.3) is 0 Å². The fourth-order valence-electron chi connectivity index (χ4n) is 1.25. The van der Waals surface area contributed by atoms with Gasteiger partial charge in [0.25, 0.3) is 0 Å². The Morgan fingerprint density at radius 3 is 2.71 bits per heavy atom. The summed E-state index contributed by atoms with van der Waals surface area (Å²) in [6.45, 7) is 1.94. The molecule has 0 fully saturated rings. The molecule has 0 saturated carbocycles. The van der Waals surface area contributed by atoms with Gasteiger partial charge in [-0.05, 0) is 30.2 Å². The summed E-state index contributed by atoms with van der Waals surface area (Å²) in [4.78, 5) is 11.5. The summed E-state index contributed by atoms with van der Waals surface area (Å²) >= 11 is 3.19. The van der Waals surface area contributed by atoms with E-state index in [0.29, 0.717) is 17.3 Å². The number of halogens is 2. The molecule has 0 saturated heterocycles. The van der Waals surface area contributed by atoms with E-state index in [2.05, 4.69) is 15.9 Å². The molecule has 1 aromatic carbocycles. The molecule has 0 N–H and O–H groups in total. The number of Topliss-reactive ketones (excluding diaryl/α,β-unsaturated/α-hetero) is 1. The lowest BCUT2D eigenvalue weighted by atomic mass is 10.0. The maximum atomic E-state index is 13.1. The third-order valence-electron chi connectivity index (χ3n) is 2.01. The number of rotatable bonds is 4. The lowest BCUT2D eigenvalue weighted by Gasteiger charge is -2.02. The molecule has 1 aromatic rings. The van der Waals surface area contributed by atoms with Gasteiger partial charge in [-0.2, -0.15) is 0 Å². The number of aryl methyl sites for hydroxylation is 1. The van der Waals surface area contributed by atoms with Crippen molar-refractivity contribution < 1.29 is 9.18 Å². The highest BCUT2D eigenvalue weighted by molar-refractivity contribution is 9.09. The summed E-state index contributed by atoms with van der Waals surface area (Å²) in [5.74, 6) is -0.349. The average Bonchev–Trinajstić information content (AvgIpc) is 2.17. The fourth-order valence-corrected chi connectivity index (χ4v) is 1.61. The van der Waals surface area contributed by atoms with Crippen molar-refractivity contribution in [3.63, 3.8) is 0 Å². The fraction of sp³-hybridized carbons (Fsp3) is 0.364. The number of ketones is 1. The molecular formula is C11H12BrFO. The van der Waals surface area contributed by atoms with Crippen LogP contribution in [0.2, 0.25) is 0 Å². The molecule has 0 aromatic heterocycles. The van der Waals surface area contributed by atoms with Gasteiger partial charge in [0.2, 0.25) is 0 Å². The molecule has 1 nitrogen and oxygen atoms in total. The second-order valence-electron chi connectivity index (χ2n) is 3.06. The lowest BCUT2D eigenvalue weighted by Crippen LogP contribution is -2.01. The Morgan fingerprint density at radius 2 is 2.14 bits per heavy atom. The minimum absolute atomic E-state index is 0.0175. The van der Waals surface area contributed by atoms with Crippen molar-refractivity contribution in [3.8, 4) is 0 Å². The number of benzene rings is 1. The van der Waals surface area contributed by atoms with Gasteiger partial charge in [-0.1, -0.05) is 22.9 Å². The van der Waals surface area contributed by atoms with Gasteiger partial charge in [-0.25, -0.2) is 4.39 Å². The van der Waals surface area contributed by atoms with E-state index in [9.17, 15) is 9.18 Å². The summed E-state index contributed by atoms with van der Waals surface area (Å²) in [7, 11) is 0. The van der Waals surface area contributed by atoms with Crippen LogP contribution in [0.3, 0.4) is 0 Å². The summed E-state index contributed by atoms with van der Waals surface area (Å²) in [5, 5.41) is 0.615. The lowest BCUT2D eigenvalue weighted by molar-refractivity contribution is 0.0989.